The molecule has 72 valence electrons. The number of rotatable bonds is 3. The van der Waals surface area contributed by atoms with E-state index < -0.39 is 0 Å². The van der Waals surface area contributed by atoms with Gasteiger partial charge < -0.3 is 5.11 Å². The summed E-state index contributed by atoms with van der Waals surface area (Å²) >= 11 is 0. The Labute approximate surface area is 75.6 Å². The lowest BCUT2D eigenvalue weighted by atomic mass is 10.0. The second kappa shape index (κ2) is 4.24. The second-order valence-corrected chi connectivity index (χ2v) is 4.30. The largest absolute Gasteiger partial charge is 0.392 e. The molecule has 2 nitrogen and oxygen atoms in total. The zero-order chi connectivity index (χ0) is 9.14. The maximum Gasteiger partial charge on any atom is 0.0639 e. The molecule has 1 N–H and O–H groups in total. The van der Waals surface area contributed by atoms with Crippen molar-refractivity contribution in [1.82, 2.24) is 4.90 Å². The van der Waals surface area contributed by atoms with E-state index in [4.69, 9.17) is 0 Å². The lowest BCUT2D eigenvalue weighted by Crippen LogP contribution is -2.38. The van der Waals surface area contributed by atoms with Crippen molar-refractivity contribution in [3.05, 3.63) is 0 Å². The SMILES string of the molecule is CC(O)CN1CCCC1C(C)C. The molecule has 0 spiro atoms. The average Bonchev–Trinajstić information content (AvgIpc) is 2.33. The van der Waals surface area contributed by atoms with Gasteiger partial charge in [-0.3, -0.25) is 4.90 Å². The van der Waals surface area contributed by atoms with Crippen LogP contribution in [-0.4, -0.2) is 35.2 Å². The van der Waals surface area contributed by atoms with Gasteiger partial charge in [-0.2, -0.15) is 0 Å². The first kappa shape index (κ1) is 10.0. The smallest absolute Gasteiger partial charge is 0.0639 e. The van der Waals surface area contributed by atoms with Crippen molar-refractivity contribution in [2.45, 2.75) is 45.8 Å². The third kappa shape index (κ3) is 2.46. The molecule has 12 heavy (non-hydrogen) atoms. The van der Waals surface area contributed by atoms with E-state index in [0.717, 1.165) is 12.5 Å². The van der Waals surface area contributed by atoms with E-state index in [1.54, 1.807) is 0 Å². The molecule has 1 aliphatic heterocycles. The van der Waals surface area contributed by atoms with Gasteiger partial charge in [0, 0.05) is 12.6 Å². The van der Waals surface area contributed by atoms with Crippen LogP contribution in [-0.2, 0) is 0 Å². The summed E-state index contributed by atoms with van der Waals surface area (Å²) in [4.78, 5) is 2.43. The predicted molar refractivity (Wildman–Crippen MR) is 51.1 cm³/mol. The van der Waals surface area contributed by atoms with Crippen molar-refractivity contribution in [3.63, 3.8) is 0 Å². The summed E-state index contributed by atoms with van der Waals surface area (Å²) < 4.78 is 0. The molecular formula is C10H21NO. The highest BCUT2D eigenvalue weighted by molar-refractivity contribution is 4.82. The number of aliphatic hydroxyl groups excluding tert-OH is 1. The molecule has 2 unspecified atom stereocenters. The topological polar surface area (TPSA) is 23.5 Å². The summed E-state index contributed by atoms with van der Waals surface area (Å²) in [7, 11) is 0. The minimum atomic E-state index is -0.177. The standard InChI is InChI=1S/C10H21NO/c1-8(2)10-5-4-6-11(10)7-9(3)12/h8-10,12H,4-7H2,1-3H3. The van der Waals surface area contributed by atoms with Crippen molar-refractivity contribution in [3.8, 4) is 0 Å². The second-order valence-electron chi connectivity index (χ2n) is 4.30. The van der Waals surface area contributed by atoms with Crippen LogP contribution in [0.5, 0.6) is 0 Å². The van der Waals surface area contributed by atoms with Crippen LogP contribution >= 0.6 is 0 Å². The highest BCUT2D eigenvalue weighted by Crippen LogP contribution is 2.23. The fourth-order valence-electron chi connectivity index (χ4n) is 2.17. The Morgan fingerprint density at radius 2 is 2.08 bits per heavy atom. The fourth-order valence-corrected chi connectivity index (χ4v) is 2.17. The molecule has 0 aromatic heterocycles. The van der Waals surface area contributed by atoms with Crippen molar-refractivity contribution in [1.29, 1.82) is 0 Å². The molecule has 0 bridgehead atoms. The Morgan fingerprint density at radius 3 is 2.58 bits per heavy atom. The summed E-state index contributed by atoms with van der Waals surface area (Å²) in [6.45, 7) is 8.43. The normalized spacial score (nSPS) is 28.2. The van der Waals surface area contributed by atoms with Gasteiger partial charge >= 0.3 is 0 Å². The highest BCUT2D eigenvalue weighted by atomic mass is 16.3. The lowest BCUT2D eigenvalue weighted by molar-refractivity contribution is 0.106. The molecule has 0 radical (unpaired) electrons. The van der Waals surface area contributed by atoms with Crippen molar-refractivity contribution < 1.29 is 5.11 Å². The molecule has 1 aliphatic rings. The third-order valence-electron chi connectivity index (χ3n) is 2.68. The van der Waals surface area contributed by atoms with Crippen LogP contribution < -0.4 is 0 Å². The molecule has 0 aromatic carbocycles. The van der Waals surface area contributed by atoms with Gasteiger partial charge in [0.1, 0.15) is 0 Å². The van der Waals surface area contributed by atoms with Crippen molar-refractivity contribution in [2.75, 3.05) is 13.1 Å². The van der Waals surface area contributed by atoms with E-state index in [2.05, 4.69) is 18.7 Å². The van der Waals surface area contributed by atoms with Gasteiger partial charge in [-0.15, -0.1) is 0 Å². The van der Waals surface area contributed by atoms with Crippen LogP contribution in [0.2, 0.25) is 0 Å². The van der Waals surface area contributed by atoms with E-state index >= 15 is 0 Å². The van der Waals surface area contributed by atoms with E-state index in [1.165, 1.54) is 19.4 Å². The van der Waals surface area contributed by atoms with E-state index in [-0.39, 0.29) is 6.10 Å². The Bertz CT molecular complexity index is 134. The van der Waals surface area contributed by atoms with Crippen LogP contribution in [0.1, 0.15) is 33.6 Å². The Balaban J connectivity index is 2.41. The predicted octanol–water partition coefficient (Wildman–Crippen LogP) is 1.49. The number of aliphatic hydroxyl groups is 1. The highest BCUT2D eigenvalue weighted by Gasteiger charge is 2.27. The summed E-state index contributed by atoms with van der Waals surface area (Å²) in [6.07, 6.45) is 2.43. The van der Waals surface area contributed by atoms with Gasteiger partial charge in [-0.1, -0.05) is 13.8 Å². The molecule has 0 aromatic rings. The van der Waals surface area contributed by atoms with Crippen LogP contribution in [0.4, 0.5) is 0 Å². The van der Waals surface area contributed by atoms with Crippen molar-refractivity contribution >= 4 is 0 Å². The minimum Gasteiger partial charge on any atom is -0.392 e. The van der Waals surface area contributed by atoms with Crippen LogP contribution in [0.3, 0.4) is 0 Å². The lowest BCUT2D eigenvalue weighted by Gasteiger charge is -2.28. The number of hydrogen-bond acceptors (Lipinski definition) is 2. The zero-order valence-electron chi connectivity index (χ0n) is 8.45. The molecule has 2 atom stereocenters. The summed E-state index contributed by atoms with van der Waals surface area (Å²) in [5.41, 5.74) is 0. The van der Waals surface area contributed by atoms with E-state index in [0.29, 0.717) is 6.04 Å². The first-order valence-electron chi connectivity index (χ1n) is 5.03. The van der Waals surface area contributed by atoms with Gasteiger partial charge in [0.25, 0.3) is 0 Å². The van der Waals surface area contributed by atoms with Crippen LogP contribution in [0.25, 0.3) is 0 Å². The number of nitrogens with zero attached hydrogens (tertiary/aromatic N) is 1. The first-order valence-corrected chi connectivity index (χ1v) is 5.03. The third-order valence-corrected chi connectivity index (χ3v) is 2.68. The maximum absolute atomic E-state index is 9.27. The summed E-state index contributed by atoms with van der Waals surface area (Å²) in [5, 5.41) is 9.27. The Kier molecular flexibility index (Phi) is 3.53. The zero-order valence-corrected chi connectivity index (χ0v) is 8.45. The van der Waals surface area contributed by atoms with Crippen molar-refractivity contribution in [2.24, 2.45) is 5.92 Å². The molecule has 1 saturated heterocycles. The van der Waals surface area contributed by atoms with Gasteiger partial charge in [0.05, 0.1) is 6.10 Å². The number of β-amino-alcohol motifs (C(OH)–C–C–N with tert-alkyl or cyclic N) is 1. The molecule has 0 aliphatic carbocycles. The number of hydrogen-bond donors (Lipinski definition) is 1. The Morgan fingerprint density at radius 1 is 1.42 bits per heavy atom. The molecule has 1 fully saturated rings. The van der Waals surface area contributed by atoms with Crippen LogP contribution in [0.15, 0.2) is 0 Å². The monoisotopic (exact) mass is 171 g/mol. The fraction of sp³-hybridized carbons (Fsp3) is 1.00. The molecule has 0 amide bonds. The van der Waals surface area contributed by atoms with Gasteiger partial charge in [-0.25, -0.2) is 0 Å². The first-order chi connectivity index (χ1) is 5.61. The summed E-state index contributed by atoms with van der Waals surface area (Å²) in [6, 6.07) is 0.708. The number of likely N-dealkylation sites (tertiary alicyclic amines) is 1. The molecule has 1 heterocycles. The molecule has 2 heteroatoms. The van der Waals surface area contributed by atoms with E-state index in [1.807, 2.05) is 6.92 Å². The molecule has 0 saturated carbocycles. The average molecular weight is 171 g/mol. The van der Waals surface area contributed by atoms with Gasteiger partial charge in [0.2, 0.25) is 0 Å². The maximum atomic E-state index is 9.27. The quantitative estimate of drug-likeness (QED) is 0.695. The Hall–Kier alpha value is -0.0800. The van der Waals surface area contributed by atoms with Gasteiger partial charge in [-0.05, 0) is 32.2 Å². The van der Waals surface area contributed by atoms with Crippen LogP contribution in [0, 0.1) is 5.92 Å². The van der Waals surface area contributed by atoms with E-state index in [9.17, 15) is 5.11 Å². The summed E-state index contributed by atoms with van der Waals surface area (Å²) in [5.74, 6) is 0.728. The minimum absolute atomic E-state index is 0.177. The molecular weight excluding hydrogens is 150 g/mol. The molecule has 1 rings (SSSR count). The van der Waals surface area contributed by atoms with Gasteiger partial charge in [0.15, 0.2) is 0 Å².